The second kappa shape index (κ2) is 2.37. The van der Waals surface area contributed by atoms with Gasteiger partial charge in [-0.1, -0.05) is 6.58 Å². The first-order valence-electron chi connectivity index (χ1n) is 2.03. The van der Waals surface area contributed by atoms with Crippen LogP contribution in [0, 0.1) is 0 Å². The number of hydrogen-bond acceptors (Lipinski definition) is 0. The van der Waals surface area contributed by atoms with E-state index in [0.717, 1.165) is 5.82 Å². The quantitative estimate of drug-likeness (QED) is 0.497. The van der Waals surface area contributed by atoms with Gasteiger partial charge in [-0.3, -0.25) is 0 Å². The van der Waals surface area contributed by atoms with Gasteiger partial charge in [0.05, 0.1) is 0 Å². The highest BCUT2D eigenvalue weighted by Gasteiger charge is 2.33. The van der Waals surface area contributed by atoms with Gasteiger partial charge in [0.2, 0.25) is 0 Å². The summed E-state index contributed by atoms with van der Waals surface area (Å²) in [6, 6.07) is 0. The van der Waals surface area contributed by atoms with Crippen LogP contribution in [0.2, 0.25) is 0 Å². The Hall–Kier alpha value is 0.0300. The van der Waals surface area contributed by atoms with Gasteiger partial charge in [-0.25, -0.2) is 0 Å². The number of rotatable bonds is 2. The Labute approximate surface area is 42.8 Å². The predicted octanol–water partition coefficient (Wildman–Crippen LogP) is 2.94. The van der Waals surface area contributed by atoms with Crippen LogP contribution in [0.3, 0.4) is 0 Å². The molecule has 0 aliphatic rings. The Morgan fingerprint density at radius 2 is 2.14 bits per heavy atom. The lowest BCUT2D eigenvalue weighted by Crippen LogP contribution is -1.72. The molecular weight excluding hydrogens is 117 g/mol. The summed E-state index contributed by atoms with van der Waals surface area (Å²) in [7, 11) is -3.64. The molecule has 0 amide bonds. The van der Waals surface area contributed by atoms with Crippen molar-refractivity contribution < 1.29 is 8.39 Å². The van der Waals surface area contributed by atoms with E-state index in [1.165, 1.54) is 6.92 Å². The van der Waals surface area contributed by atoms with Crippen molar-refractivity contribution in [2.75, 3.05) is 6.16 Å². The molecule has 0 aromatic rings. The second-order valence-corrected chi connectivity index (χ2v) is 3.54. The molecule has 3 heteroatoms. The summed E-state index contributed by atoms with van der Waals surface area (Å²) in [6.07, 6.45) is -0.0451. The Morgan fingerprint density at radius 1 is 1.71 bits per heavy atom. The lowest BCUT2D eigenvalue weighted by molar-refractivity contribution is 0.720. The van der Waals surface area contributed by atoms with E-state index in [2.05, 4.69) is 6.58 Å². The molecule has 0 heterocycles. The lowest BCUT2D eigenvalue weighted by Gasteiger charge is -1.90. The maximum Gasteiger partial charge on any atom is 0.412 e. The molecule has 42 valence electrons. The van der Waals surface area contributed by atoms with E-state index in [0.29, 0.717) is 0 Å². The van der Waals surface area contributed by atoms with Crippen LogP contribution in [0.25, 0.3) is 0 Å². The zero-order chi connectivity index (χ0) is 5.91. The molecule has 0 aromatic heterocycles. The molecule has 0 atom stereocenters. The zero-order valence-electron chi connectivity index (χ0n) is 4.19. The third-order valence-electron chi connectivity index (χ3n) is 0.689. The predicted molar refractivity (Wildman–Crippen MR) is 29.9 cm³/mol. The van der Waals surface area contributed by atoms with Gasteiger partial charge in [0.25, 0.3) is 0 Å². The summed E-state index contributed by atoms with van der Waals surface area (Å²) in [5.41, 5.74) is 0. The molecule has 0 fully saturated rings. The molecule has 0 unspecified atom stereocenters. The van der Waals surface area contributed by atoms with Crippen LogP contribution in [0.4, 0.5) is 8.39 Å². The summed E-state index contributed by atoms with van der Waals surface area (Å²) < 4.78 is 23.8. The van der Waals surface area contributed by atoms with Gasteiger partial charge in [0, 0.05) is 0 Å². The Bertz CT molecular complexity index is 70.1. The van der Waals surface area contributed by atoms with Crippen molar-refractivity contribution in [1.82, 2.24) is 0 Å². The maximum atomic E-state index is 11.9. The minimum Gasteiger partial charge on any atom is -0.0579 e. The van der Waals surface area contributed by atoms with Crippen LogP contribution >= 0.6 is 7.88 Å². The molecule has 0 spiro atoms. The molecule has 0 bridgehead atoms. The van der Waals surface area contributed by atoms with Crippen LogP contribution < -0.4 is 0 Å². The molecule has 0 nitrogen and oxygen atoms in total. The normalized spacial score (nSPS) is 11.3. The van der Waals surface area contributed by atoms with Gasteiger partial charge in [-0.15, -0.1) is 0 Å². The summed E-state index contributed by atoms with van der Waals surface area (Å²) >= 11 is 0. The molecule has 0 aromatic carbocycles. The monoisotopic (exact) mass is 125 g/mol. The molecule has 0 saturated carbocycles. The third-order valence-corrected chi connectivity index (χ3v) is 2.07. The fourth-order valence-corrected chi connectivity index (χ4v) is 0.387. The highest BCUT2D eigenvalue weighted by Crippen LogP contribution is 2.63. The van der Waals surface area contributed by atoms with Crippen molar-refractivity contribution in [3.05, 3.63) is 12.4 Å². The Balaban J connectivity index is 3.58. The maximum absolute atomic E-state index is 11.9. The van der Waals surface area contributed by atoms with Gasteiger partial charge in [0.1, 0.15) is 12.0 Å². The third kappa shape index (κ3) is 2.69. The summed E-state index contributed by atoms with van der Waals surface area (Å²) in [5, 5.41) is 0. The Kier molecular flexibility index (Phi) is 2.38. The first-order chi connectivity index (χ1) is 3.12. The second-order valence-electron chi connectivity index (χ2n) is 1.18. The molecule has 0 radical (unpaired) electrons. The molecule has 0 N–H and O–H groups in total. The van der Waals surface area contributed by atoms with Crippen molar-refractivity contribution in [2.24, 2.45) is 0 Å². The van der Waals surface area contributed by atoms with Crippen LogP contribution in [0.5, 0.6) is 0 Å². The molecular formula is C4H8F2P+. The summed E-state index contributed by atoms with van der Waals surface area (Å²) in [4.78, 5) is 0. The van der Waals surface area contributed by atoms with Gasteiger partial charge >= 0.3 is 7.88 Å². The van der Waals surface area contributed by atoms with Crippen molar-refractivity contribution in [3.8, 4) is 0 Å². The van der Waals surface area contributed by atoms with Crippen LogP contribution in [0.15, 0.2) is 12.4 Å². The van der Waals surface area contributed by atoms with Gasteiger partial charge < -0.3 is 0 Å². The zero-order valence-corrected chi connectivity index (χ0v) is 5.09. The van der Waals surface area contributed by atoms with Gasteiger partial charge in [0.15, 0.2) is 0 Å². The van der Waals surface area contributed by atoms with Crippen LogP contribution in [-0.4, -0.2) is 6.16 Å². The van der Waals surface area contributed by atoms with E-state index in [9.17, 15) is 8.39 Å². The number of hydrogen-bond donors (Lipinski definition) is 0. The standard InChI is InChI=1S/C4H8F2P/c1-3-7(5,6)4-2/h3H,1,4H2,2H3/q+1. The average Bonchev–Trinajstić information content (AvgIpc) is 1.68. The highest BCUT2D eigenvalue weighted by atomic mass is 31.2. The van der Waals surface area contributed by atoms with Crippen molar-refractivity contribution in [1.29, 1.82) is 0 Å². The fraction of sp³-hybridized carbons (Fsp3) is 0.500. The van der Waals surface area contributed by atoms with Crippen molar-refractivity contribution in [3.63, 3.8) is 0 Å². The molecule has 0 aliphatic carbocycles. The van der Waals surface area contributed by atoms with Crippen LogP contribution in [-0.2, 0) is 0 Å². The summed E-state index contributed by atoms with van der Waals surface area (Å²) in [6.45, 7) is 4.47. The van der Waals surface area contributed by atoms with Crippen molar-refractivity contribution >= 4 is 7.88 Å². The minimum absolute atomic E-state index is 0.0451. The summed E-state index contributed by atoms with van der Waals surface area (Å²) in [5.74, 6) is 0.771. The largest absolute Gasteiger partial charge is 0.412 e. The van der Waals surface area contributed by atoms with E-state index in [1.807, 2.05) is 0 Å². The van der Waals surface area contributed by atoms with E-state index >= 15 is 0 Å². The fourth-order valence-electron chi connectivity index (χ4n) is 0.129. The first-order valence-corrected chi connectivity index (χ1v) is 3.85. The molecule has 0 saturated heterocycles. The van der Waals surface area contributed by atoms with Crippen molar-refractivity contribution in [2.45, 2.75) is 6.92 Å². The minimum atomic E-state index is -3.64. The van der Waals surface area contributed by atoms with Gasteiger partial charge in [-0.2, -0.15) is 0 Å². The average molecular weight is 125 g/mol. The molecule has 7 heavy (non-hydrogen) atoms. The Morgan fingerprint density at radius 3 is 2.14 bits per heavy atom. The van der Waals surface area contributed by atoms with Crippen LogP contribution in [0.1, 0.15) is 6.92 Å². The van der Waals surface area contributed by atoms with E-state index in [1.54, 1.807) is 0 Å². The molecule has 0 aliphatic heterocycles. The SMILES string of the molecule is C=C[P+](F)(F)CC. The lowest BCUT2D eigenvalue weighted by atomic mass is 11.0. The van der Waals surface area contributed by atoms with Gasteiger partial charge in [-0.05, 0) is 15.3 Å². The van der Waals surface area contributed by atoms with E-state index in [4.69, 9.17) is 0 Å². The molecule has 0 rings (SSSR count). The first kappa shape index (κ1) is 7.03. The topological polar surface area (TPSA) is 0 Å². The smallest absolute Gasteiger partial charge is 0.0579 e. The highest BCUT2D eigenvalue weighted by molar-refractivity contribution is 7.68. The van der Waals surface area contributed by atoms with E-state index < -0.39 is 7.88 Å². The van der Waals surface area contributed by atoms with E-state index in [-0.39, 0.29) is 6.16 Å². The number of halogens is 2.